The Hall–Kier alpha value is -1.65. The topological polar surface area (TPSA) is 66.9 Å². The van der Waals surface area contributed by atoms with E-state index in [-0.39, 0.29) is 12.5 Å². The van der Waals surface area contributed by atoms with Crippen LogP contribution in [0.4, 0.5) is 5.82 Å². The van der Waals surface area contributed by atoms with Crippen LogP contribution in [0.1, 0.15) is 38.3 Å². The summed E-state index contributed by atoms with van der Waals surface area (Å²) in [5.74, 6) is 1.79. The van der Waals surface area contributed by atoms with Crippen LogP contribution in [-0.4, -0.2) is 29.0 Å². The van der Waals surface area contributed by atoms with Crippen molar-refractivity contribution in [1.29, 1.82) is 0 Å². The van der Waals surface area contributed by atoms with Crippen LogP contribution in [0.2, 0.25) is 0 Å². The number of hydrogen-bond acceptors (Lipinski definition) is 4. The van der Waals surface area contributed by atoms with Crippen molar-refractivity contribution in [2.45, 2.75) is 32.6 Å². The number of anilines is 1. The van der Waals surface area contributed by atoms with Crippen LogP contribution in [0.25, 0.3) is 0 Å². The van der Waals surface area contributed by atoms with Crippen LogP contribution in [0.3, 0.4) is 0 Å². The maximum atomic E-state index is 11.6. The van der Waals surface area contributed by atoms with Gasteiger partial charge >= 0.3 is 0 Å². The zero-order valence-corrected chi connectivity index (χ0v) is 10.9. The monoisotopic (exact) mass is 248 g/mol. The molecule has 1 aliphatic rings. The predicted molar refractivity (Wildman–Crippen MR) is 70.3 cm³/mol. The third-order valence-corrected chi connectivity index (χ3v) is 2.99. The molecule has 5 nitrogen and oxygen atoms in total. The number of carbonyl (C=O) groups is 1. The van der Waals surface area contributed by atoms with Crippen molar-refractivity contribution in [2.75, 3.05) is 18.4 Å². The second kappa shape index (κ2) is 5.80. The van der Waals surface area contributed by atoms with E-state index >= 15 is 0 Å². The van der Waals surface area contributed by atoms with Crippen molar-refractivity contribution in [3.63, 3.8) is 0 Å². The van der Waals surface area contributed by atoms with Gasteiger partial charge in [0, 0.05) is 18.3 Å². The Balaban J connectivity index is 1.77. The Labute approximate surface area is 107 Å². The summed E-state index contributed by atoms with van der Waals surface area (Å²) in [5, 5.41) is 5.93. The van der Waals surface area contributed by atoms with E-state index in [1.807, 2.05) is 6.07 Å². The second-order valence-corrected chi connectivity index (χ2v) is 5.08. The Bertz CT molecular complexity index is 415. The summed E-state index contributed by atoms with van der Waals surface area (Å²) >= 11 is 0. The van der Waals surface area contributed by atoms with Crippen LogP contribution in [-0.2, 0) is 4.79 Å². The molecule has 0 radical (unpaired) electrons. The smallest absolute Gasteiger partial charge is 0.239 e. The number of nitrogens with one attached hydrogen (secondary N) is 2. The normalized spacial score (nSPS) is 14.6. The number of aromatic nitrogens is 2. The van der Waals surface area contributed by atoms with Gasteiger partial charge in [-0.05, 0) is 24.7 Å². The molecular weight excluding hydrogens is 228 g/mol. The minimum atomic E-state index is 0.0200. The van der Waals surface area contributed by atoms with Gasteiger partial charge in [-0.25, -0.2) is 9.97 Å². The molecule has 5 heteroatoms. The molecule has 1 heterocycles. The first kappa shape index (κ1) is 12.8. The Morgan fingerprint density at radius 3 is 2.89 bits per heavy atom. The van der Waals surface area contributed by atoms with Crippen LogP contribution >= 0.6 is 0 Å². The highest BCUT2D eigenvalue weighted by Crippen LogP contribution is 2.27. The SMILES string of the molecule is CC(C)c1cc(NCC(=O)NCC2CC2)ncn1. The standard InChI is InChI=1S/C13H20N4O/c1-9(2)11-5-12(17-8-16-11)14-7-13(18)15-6-10-3-4-10/h5,8-10H,3-4,6-7H2,1-2H3,(H,15,18)(H,14,16,17). The van der Waals surface area contributed by atoms with Gasteiger partial charge in [-0.3, -0.25) is 4.79 Å². The first-order chi connectivity index (χ1) is 8.65. The molecule has 0 aromatic carbocycles. The summed E-state index contributed by atoms with van der Waals surface area (Å²) in [7, 11) is 0. The first-order valence-electron chi connectivity index (χ1n) is 6.47. The molecule has 1 fully saturated rings. The summed E-state index contributed by atoms with van der Waals surface area (Å²) in [6.45, 7) is 5.23. The highest BCUT2D eigenvalue weighted by molar-refractivity contribution is 5.80. The Morgan fingerprint density at radius 1 is 1.44 bits per heavy atom. The van der Waals surface area contributed by atoms with Crippen LogP contribution in [0, 0.1) is 5.92 Å². The van der Waals surface area contributed by atoms with E-state index in [1.165, 1.54) is 19.2 Å². The highest BCUT2D eigenvalue weighted by atomic mass is 16.1. The summed E-state index contributed by atoms with van der Waals surface area (Å²) in [6.07, 6.45) is 4.02. The molecule has 1 saturated carbocycles. The van der Waals surface area contributed by atoms with E-state index in [9.17, 15) is 4.79 Å². The number of rotatable bonds is 6. The van der Waals surface area contributed by atoms with Gasteiger partial charge in [-0.15, -0.1) is 0 Å². The molecule has 1 aromatic rings. The van der Waals surface area contributed by atoms with Crippen LogP contribution in [0.15, 0.2) is 12.4 Å². The van der Waals surface area contributed by atoms with Gasteiger partial charge in [0.2, 0.25) is 5.91 Å². The fraction of sp³-hybridized carbons (Fsp3) is 0.615. The van der Waals surface area contributed by atoms with E-state index in [1.54, 1.807) is 0 Å². The van der Waals surface area contributed by atoms with Gasteiger partial charge < -0.3 is 10.6 Å². The molecule has 18 heavy (non-hydrogen) atoms. The third-order valence-electron chi connectivity index (χ3n) is 2.99. The average Bonchev–Trinajstić information content (AvgIpc) is 3.18. The molecule has 0 saturated heterocycles. The van der Waals surface area contributed by atoms with E-state index in [0.29, 0.717) is 17.7 Å². The zero-order valence-electron chi connectivity index (χ0n) is 10.9. The van der Waals surface area contributed by atoms with Crippen LogP contribution in [0.5, 0.6) is 0 Å². The number of amides is 1. The van der Waals surface area contributed by atoms with Gasteiger partial charge in [0.15, 0.2) is 0 Å². The van der Waals surface area contributed by atoms with Crippen LogP contribution < -0.4 is 10.6 Å². The first-order valence-corrected chi connectivity index (χ1v) is 6.47. The highest BCUT2D eigenvalue weighted by Gasteiger charge is 2.21. The van der Waals surface area contributed by atoms with Gasteiger partial charge in [0.25, 0.3) is 0 Å². The number of carbonyl (C=O) groups excluding carboxylic acids is 1. The average molecular weight is 248 g/mol. The Kier molecular flexibility index (Phi) is 4.12. The predicted octanol–water partition coefficient (Wildman–Crippen LogP) is 1.54. The van der Waals surface area contributed by atoms with E-state index in [2.05, 4.69) is 34.4 Å². The van der Waals surface area contributed by atoms with Crippen molar-refractivity contribution in [2.24, 2.45) is 5.92 Å². The lowest BCUT2D eigenvalue weighted by molar-refractivity contribution is -0.119. The maximum absolute atomic E-state index is 11.6. The lowest BCUT2D eigenvalue weighted by atomic mass is 10.1. The number of hydrogen-bond donors (Lipinski definition) is 2. The largest absolute Gasteiger partial charge is 0.361 e. The lowest BCUT2D eigenvalue weighted by Crippen LogP contribution is -2.31. The van der Waals surface area contributed by atoms with E-state index < -0.39 is 0 Å². The molecule has 98 valence electrons. The van der Waals surface area contributed by atoms with E-state index in [0.717, 1.165) is 12.2 Å². The summed E-state index contributed by atoms with van der Waals surface area (Å²) in [5.41, 5.74) is 0.978. The maximum Gasteiger partial charge on any atom is 0.239 e. The van der Waals surface area contributed by atoms with Crippen molar-refractivity contribution in [3.05, 3.63) is 18.1 Å². The second-order valence-electron chi connectivity index (χ2n) is 5.08. The Morgan fingerprint density at radius 2 is 2.22 bits per heavy atom. The molecule has 0 unspecified atom stereocenters. The fourth-order valence-electron chi connectivity index (χ4n) is 1.60. The molecule has 0 atom stereocenters. The van der Waals surface area contributed by atoms with Gasteiger partial charge in [-0.1, -0.05) is 13.8 Å². The van der Waals surface area contributed by atoms with Gasteiger partial charge in [0.1, 0.15) is 12.1 Å². The minimum absolute atomic E-state index is 0.0200. The fourth-order valence-corrected chi connectivity index (χ4v) is 1.60. The summed E-state index contributed by atoms with van der Waals surface area (Å²) in [6, 6.07) is 1.89. The van der Waals surface area contributed by atoms with Gasteiger partial charge in [-0.2, -0.15) is 0 Å². The molecule has 1 aliphatic carbocycles. The summed E-state index contributed by atoms with van der Waals surface area (Å²) in [4.78, 5) is 19.8. The molecule has 1 amide bonds. The van der Waals surface area contributed by atoms with Crippen molar-refractivity contribution in [3.8, 4) is 0 Å². The summed E-state index contributed by atoms with van der Waals surface area (Å²) < 4.78 is 0. The van der Waals surface area contributed by atoms with Crippen molar-refractivity contribution >= 4 is 11.7 Å². The van der Waals surface area contributed by atoms with E-state index in [4.69, 9.17) is 0 Å². The lowest BCUT2D eigenvalue weighted by Gasteiger charge is -2.08. The van der Waals surface area contributed by atoms with Gasteiger partial charge in [0.05, 0.1) is 6.54 Å². The molecule has 1 aromatic heterocycles. The zero-order chi connectivity index (χ0) is 13.0. The molecule has 0 spiro atoms. The molecule has 0 aliphatic heterocycles. The quantitative estimate of drug-likeness (QED) is 0.801. The molecule has 0 bridgehead atoms. The minimum Gasteiger partial charge on any atom is -0.361 e. The van der Waals surface area contributed by atoms with Crippen molar-refractivity contribution in [1.82, 2.24) is 15.3 Å². The molecule has 2 rings (SSSR count). The third kappa shape index (κ3) is 3.98. The number of nitrogens with zero attached hydrogens (tertiary/aromatic N) is 2. The molecular formula is C13H20N4O. The van der Waals surface area contributed by atoms with Crippen molar-refractivity contribution < 1.29 is 4.79 Å². The molecule has 2 N–H and O–H groups in total.